The number of hydrogen-bond acceptors (Lipinski definition) is 3. The predicted octanol–water partition coefficient (Wildman–Crippen LogP) is 2.70. The van der Waals surface area contributed by atoms with Crippen molar-refractivity contribution >= 4 is 17.7 Å². The molecule has 0 aliphatic rings. The van der Waals surface area contributed by atoms with E-state index < -0.39 is 0 Å². The van der Waals surface area contributed by atoms with Gasteiger partial charge in [0.05, 0.1) is 0 Å². The van der Waals surface area contributed by atoms with Crippen LogP contribution in [0.5, 0.6) is 0 Å². The van der Waals surface area contributed by atoms with Gasteiger partial charge in [-0.05, 0) is 36.4 Å². The summed E-state index contributed by atoms with van der Waals surface area (Å²) in [7, 11) is 3.88. The summed E-state index contributed by atoms with van der Waals surface area (Å²) < 4.78 is 1.95. The van der Waals surface area contributed by atoms with Crippen molar-refractivity contribution in [2.24, 2.45) is 4.99 Å². The summed E-state index contributed by atoms with van der Waals surface area (Å²) in [6.07, 6.45) is 6.90. The van der Waals surface area contributed by atoms with Crippen LogP contribution >= 0.6 is 11.8 Å². The van der Waals surface area contributed by atoms with Crippen LogP contribution < -0.4 is 5.32 Å². The van der Waals surface area contributed by atoms with E-state index in [-0.39, 0.29) is 0 Å². The van der Waals surface area contributed by atoms with E-state index in [4.69, 9.17) is 0 Å². The van der Waals surface area contributed by atoms with Gasteiger partial charge in [-0.1, -0.05) is 12.1 Å². The fraction of sp³-hybridized carbons (Fsp3) is 0.412. The molecule has 0 aliphatic carbocycles. The molecule has 2 aromatic rings. The maximum absolute atomic E-state index is 4.36. The van der Waals surface area contributed by atoms with E-state index in [1.807, 2.05) is 30.2 Å². The summed E-state index contributed by atoms with van der Waals surface area (Å²) in [5.74, 6) is 0.916. The molecule has 0 saturated heterocycles. The van der Waals surface area contributed by atoms with E-state index in [9.17, 15) is 0 Å². The second-order valence-corrected chi connectivity index (χ2v) is 6.18. The van der Waals surface area contributed by atoms with E-state index in [0.29, 0.717) is 0 Å². The number of aromatic nitrogens is 2. The highest BCUT2D eigenvalue weighted by Crippen LogP contribution is 2.15. The van der Waals surface area contributed by atoms with Crippen molar-refractivity contribution in [2.75, 3.05) is 26.9 Å². The number of nitrogens with one attached hydrogen (secondary N) is 1. The highest BCUT2D eigenvalue weighted by Gasteiger charge is 2.06. The zero-order valence-corrected chi connectivity index (χ0v) is 14.9. The van der Waals surface area contributed by atoms with Crippen molar-refractivity contribution in [3.63, 3.8) is 0 Å². The number of rotatable bonds is 7. The lowest BCUT2D eigenvalue weighted by atomic mass is 10.2. The fourth-order valence-electron chi connectivity index (χ4n) is 2.34. The average molecular weight is 331 g/mol. The Labute approximate surface area is 142 Å². The third-order valence-corrected chi connectivity index (χ3v) is 4.30. The van der Waals surface area contributed by atoms with Crippen LogP contribution in [0, 0.1) is 0 Å². The first kappa shape index (κ1) is 17.4. The molecule has 1 heterocycles. The van der Waals surface area contributed by atoms with Gasteiger partial charge in [0.15, 0.2) is 5.96 Å². The van der Waals surface area contributed by atoms with E-state index >= 15 is 0 Å². The SMILES string of the molecule is CN=C(NCCCn1cccn1)N(C)Cc1ccc(SC)cc1. The first-order chi connectivity index (χ1) is 11.2. The molecule has 1 aromatic carbocycles. The highest BCUT2D eigenvalue weighted by atomic mass is 32.2. The molecular weight excluding hydrogens is 306 g/mol. The lowest BCUT2D eigenvalue weighted by Crippen LogP contribution is -2.39. The summed E-state index contributed by atoms with van der Waals surface area (Å²) in [6, 6.07) is 10.6. The monoisotopic (exact) mass is 331 g/mol. The number of aliphatic imine (C=N–C) groups is 1. The van der Waals surface area contributed by atoms with Crippen LogP contribution in [0.15, 0.2) is 52.6 Å². The van der Waals surface area contributed by atoms with Crippen LogP contribution in [0.2, 0.25) is 0 Å². The minimum Gasteiger partial charge on any atom is -0.356 e. The van der Waals surface area contributed by atoms with Crippen LogP contribution in [-0.4, -0.2) is 47.5 Å². The zero-order chi connectivity index (χ0) is 16.5. The normalized spacial score (nSPS) is 11.5. The van der Waals surface area contributed by atoms with Crippen molar-refractivity contribution in [1.82, 2.24) is 20.0 Å². The lowest BCUT2D eigenvalue weighted by Gasteiger charge is -2.22. The summed E-state index contributed by atoms with van der Waals surface area (Å²) in [4.78, 5) is 7.79. The predicted molar refractivity (Wildman–Crippen MR) is 97.9 cm³/mol. The Morgan fingerprint density at radius 2 is 2.13 bits per heavy atom. The zero-order valence-electron chi connectivity index (χ0n) is 14.1. The summed E-state index contributed by atoms with van der Waals surface area (Å²) in [5, 5.41) is 7.61. The second kappa shape index (κ2) is 9.25. The van der Waals surface area contributed by atoms with Crippen LogP contribution in [0.4, 0.5) is 0 Å². The Hall–Kier alpha value is -1.95. The highest BCUT2D eigenvalue weighted by molar-refractivity contribution is 7.98. The van der Waals surface area contributed by atoms with Crippen LogP contribution in [0.3, 0.4) is 0 Å². The Balaban J connectivity index is 1.77. The summed E-state index contributed by atoms with van der Waals surface area (Å²) in [5.41, 5.74) is 1.28. The molecule has 0 saturated carbocycles. The van der Waals surface area contributed by atoms with Gasteiger partial charge in [0, 0.05) is 51.0 Å². The molecule has 0 fully saturated rings. The average Bonchev–Trinajstić information content (AvgIpc) is 3.09. The van der Waals surface area contributed by atoms with Gasteiger partial charge in [-0.2, -0.15) is 5.10 Å². The molecule has 23 heavy (non-hydrogen) atoms. The first-order valence-corrected chi connectivity index (χ1v) is 8.97. The molecular formula is C17H25N5S. The van der Waals surface area contributed by atoms with Gasteiger partial charge < -0.3 is 10.2 Å². The van der Waals surface area contributed by atoms with Crippen molar-refractivity contribution in [2.45, 2.75) is 24.4 Å². The van der Waals surface area contributed by atoms with Gasteiger partial charge >= 0.3 is 0 Å². The molecule has 124 valence electrons. The van der Waals surface area contributed by atoms with Crippen LogP contribution in [0.25, 0.3) is 0 Å². The van der Waals surface area contributed by atoms with E-state index in [2.05, 4.69) is 57.9 Å². The molecule has 1 aromatic heterocycles. The standard InChI is InChI=1S/C17H25N5S/c1-18-17(19-10-4-12-22-13-5-11-20-22)21(2)14-15-6-8-16(23-3)9-7-15/h5-9,11,13H,4,10,12,14H2,1-3H3,(H,18,19). The molecule has 0 bridgehead atoms. The third-order valence-electron chi connectivity index (χ3n) is 3.56. The molecule has 5 nitrogen and oxygen atoms in total. The minimum atomic E-state index is 0.841. The number of thioether (sulfide) groups is 1. The Morgan fingerprint density at radius 1 is 1.35 bits per heavy atom. The number of benzene rings is 1. The van der Waals surface area contributed by atoms with E-state index in [0.717, 1.165) is 32.0 Å². The molecule has 1 N–H and O–H groups in total. The lowest BCUT2D eigenvalue weighted by molar-refractivity contribution is 0.471. The quantitative estimate of drug-likeness (QED) is 0.367. The number of guanidine groups is 1. The maximum atomic E-state index is 4.36. The fourth-order valence-corrected chi connectivity index (χ4v) is 2.75. The second-order valence-electron chi connectivity index (χ2n) is 5.30. The van der Waals surface area contributed by atoms with E-state index in [1.165, 1.54) is 10.5 Å². The van der Waals surface area contributed by atoms with Crippen molar-refractivity contribution in [3.8, 4) is 0 Å². The number of aryl methyl sites for hydroxylation is 1. The van der Waals surface area contributed by atoms with E-state index in [1.54, 1.807) is 11.8 Å². The van der Waals surface area contributed by atoms with Crippen molar-refractivity contribution in [3.05, 3.63) is 48.3 Å². The minimum absolute atomic E-state index is 0.841. The summed E-state index contributed by atoms with van der Waals surface area (Å²) in [6.45, 7) is 2.63. The molecule has 6 heteroatoms. The number of hydrogen-bond donors (Lipinski definition) is 1. The Kier molecular flexibility index (Phi) is 7.00. The molecule has 0 unspecified atom stereocenters. The largest absolute Gasteiger partial charge is 0.356 e. The van der Waals surface area contributed by atoms with Gasteiger partial charge in [-0.15, -0.1) is 11.8 Å². The van der Waals surface area contributed by atoms with Crippen molar-refractivity contribution in [1.29, 1.82) is 0 Å². The van der Waals surface area contributed by atoms with Gasteiger partial charge in [0.25, 0.3) is 0 Å². The first-order valence-electron chi connectivity index (χ1n) is 7.75. The Bertz CT molecular complexity index is 592. The molecule has 2 rings (SSSR count). The molecule has 0 radical (unpaired) electrons. The van der Waals surface area contributed by atoms with Gasteiger partial charge in [0.2, 0.25) is 0 Å². The van der Waals surface area contributed by atoms with Crippen LogP contribution in [-0.2, 0) is 13.1 Å². The number of nitrogens with zero attached hydrogens (tertiary/aromatic N) is 4. The van der Waals surface area contributed by atoms with Gasteiger partial charge in [-0.3, -0.25) is 9.67 Å². The topological polar surface area (TPSA) is 45.5 Å². The van der Waals surface area contributed by atoms with Gasteiger partial charge in [-0.25, -0.2) is 0 Å². The Morgan fingerprint density at radius 3 is 2.74 bits per heavy atom. The molecule has 0 amide bonds. The summed E-state index contributed by atoms with van der Waals surface area (Å²) >= 11 is 1.76. The third kappa shape index (κ3) is 5.63. The maximum Gasteiger partial charge on any atom is 0.193 e. The molecule has 0 atom stereocenters. The van der Waals surface area contributed by atoms with Crippen LogP contribution in [0.1, 0.15) is 12.0 Å². The molecule has 0 aliphatic heterocycles. The van der Waals surface area contributed by atoms with Crippen molar-refractivity contribution < 1.29 is 0 Å². The molecule has 0 spiro atoms. The van der Waals surface area contributed by atoms with Gasteiger partial charge in [0.1, 0.15) is 0 Å². The smallest absolute Gasteiger partial charge is 0.193 e.